The smallest absolute Gasteiger partial charge is 0.257 e. The number of benzene rings is 1. The van der Waals surface area contributed by atoms with Crippen LogP contribution in [-0.2, 0) is 6.42 Å². The Labute approximate surface area is 132 Å². The highest BCUT2D eigenvalue weighted by atomic mass is 19.1. The van der Waals surface area contributed by atoms with Gasteiger partial charge in [0, 0.05) is 31.1 Å². The summed E-state index contributed by atoms with van der Waals surface area (Å²) >= 11 is 0. The summed E-state index contributed by atoms with van der Waals surface area (Å²) in [6.07, 6.45) is 2.01. The Morgan fingerprint density at radius 1 is 1.35 bits per heavy atom. The molecule has 8 heteroatoms. The SMILES string of the molecule is COc1cc(F)c(C(=O)NCCc2nncn2C(C)C)c(F)c1. The second-order valence-electron chi connectivity index (χ2n) is 5.22. The molecule has 1 heterocycles. The fraction of sp³-hybridized carbons (Fsp3) is 0.400. The van der Waals surface area contributed by atoms with Gasteiger partial charge in [-0.25, -0.2) is 8.78 Å². The average molecular weight is 324 g/mol. The fourth-order valence-electron chi connectivity index (χ4n) is 2.14. The molecule has 0 aliphatic heterocycles. The highest BCUT2D eigenvalue weighted by molar-refractivity contribution is 5.94. The molecule has 0 aliphatic rings. The predicted octanol–water partition coefficient (Wildman–Crippen LogP) is 2.12. The van der Waals surface area contributed by atoms with Gasteiger partial charge in [-0.05, 0) is 13.8 Å². The van der Waals surface area contributed by atoms with E-state index >= 15 is 0 Å². The van der Waals surface area contributed by atoms with Crippen molar-refractivity contribution in [1.29, 1.82) is 0 Å². The van der Waals surface area contributed by atoms with Gasteiger partial charge >= 0.3 is 0 Å². The van der Waals surface area contributed by atoms with Crippen molar-refractivity contribution in [3.8, 4) is 5.75 Å². The standard InChI is InChI=1S/C15H18F2N4O2/c1-9(2)21-8-19-20-13(21)4-5-18-15(22)14-11(16)6-10(23-3)7-12(14)17/h6-9H,4-5H2,1-3H3,(H,18,22). The molecule has 1 N–H and O–H groups in total. The largest absolute Gasteiger partial charge is 0.497 e. The number of amides is 1. The van der Waals surface area contributed by atoms with Gasteiger partial charge in [-0.1, -0.05) is 0 Å². The van der Waals surface area contributed by atoms with Crippen LogP contribution in [0.4, 0.5) is 8.78 Å². The second kappa shape index (κ2) is 7.17. The van der Waals surface area contributed by atoms with Crippen LogP contribution in [0.15, 0.2) is 18.5 Å². The lowest BCUT2D eigenvalue weighted by atomic mass is 10.1. The molecule has 0 atom stereocenters. The third-order valence-corrected chi connectivity index (χ3v) is 3.32. The Balaban J connectivity index is 2.02. The van der Waals surface area contributed by atoms with Crippen LogP contribution in [0.2, 0.25) is 0 Å². The molecule has 2 rings (SSSR count). The van der Waals surface area contributed by atoms with E-state index in [1.54, 1.807) is 6.33 Å². The molecule has 124 valence electrons. The van der Waals surface area contributed by atoms with Crippen molar-refractivity contribution < 1.29 is 18.3 Å². The molecular formula is C15H18F2N4O2. The Morgan fingerprint density at radius 3 is 2.57 bits per heavy atom. The molecule has 0 radical (unpaired) electrons. The topological polar surface area (TPSA) is 69.0 Å². The molecule has 0 spiro atoms. The van der Waals surface area contributed by atoms with Gasteiger partial charge in [-0.2, -0.15) is 0 Å². The Bertz CT molecular complexity index is 678. The first kappa shape index (κ1) is 16.9. The van der Waals surface area contributed by atoms with Gasteiger partial charge in [0.05, 0.1) is 7.11 Å². The van der Waals surface area contributed by atoms with Crippen LogP contribution in [0.3, 0.4) is 0 Å². The minimum atomic E-state index is -0.968. The number of carbonyl (C=O) groups is 1. The Hall–Kier alpha value is -2.51. The van der Waals surface area contributed by atoms with Crippen molar-refractivity contribution in [3.05, 3.63) is 41.5 Å². The molecule has 2 aromatic rings. The highest BCUT2D eigenvalue weighted by Gasteiger charge is 2.19. The van der Waals surface area contributed by atoms with Gasteiger partial charge in [-0.15, -0.1) is 10.2 Å². The van der Waals surface area contributed by atoms with E-state index in [2.05, 4.69) is 15.5 Å². The zero-order valence-corrected chi connectivity index (χ0v) is 13.1. The number of hydrogen-bond acceptors (Lipinski definition) is 4. The van der Waals surface area contributed by atoms with Crippen molar-refractivity contribution >= 4 is 5.91 Å². The number of rotatable bonds is 6. The van der Waals surface area contributed by atoms with Crippen molar-refractivity contribution in [2.75, 3.05) is 13.7 Å². The molecule has 0 fully saturated rings. The normalized spacial score (nSPS) is 10.9. The van der Waals surface area contributed by atoms with Crippen molar-refractivity contribution in [2.45, 2.75) is 26.3 Å². The summed E-state index contributed by atoms with van der Waals surface area (Å²) in [7, 11) is 1.29. The zero-order valence-electron chi connectivity index (χ0n) is 13.1. The Morgan fingerprint density at radius 2 is 2.00 bits per heavy atom. The van der Waals surface area contributed by atoms with Crippen LogP contribution in [0, 0.1) is 11.6 Å². The summed E-state index contributed by atoms with van der Waals surface area (Å²) in [6.45, 7) is 4.15. The number of methoxy groups -OCH3 is 1. The first-order valence-corrected chi connectivity index (χ1v) is 7.13. The quantitative estimate of drug-likeness (QED) is 0.884. The summed E-state index contributed by atoms with van der Waals surface area (Å²) in [5.74, 6) is -2.05. The lowest BCUT2D eigenvalue weighted by Gasteiger charge is -2.11. The molecule has 0 saturated heterocycles. The third kappa shape index (κ3) is 3.82. The van der Waals surface area contributed by atoms with Crippen molar-refractivity contribution in [1.82, 2.24) is 20.1 Å². The van der Waals surface area contributed by atoms with E-state index in [4.69, 9.17) is 4.74 Å². The summed E-state index contributed by atoms with van der Waals surface area (Å²) in [5, 5.41) is 10.3. The molecule has 23 heavy (non-hydrogen) atoms. The van der Waals surface area contributed by atoms with Crippen LogP contribution in [0.5, 0.6) is 5.75 Å². The molecule has 0 unspecified atom stereocenters. The minimum absolute atomic E-state index is 0.0154. The van der Waals surface area contributed by atoms with Crippen LogP contribution < -0.4 is 10.1 Å². The van der Waals surface area contributed by atoms with E-state index in [-0.39, 0.29) is 18.3 Å². The van der Waals surface area contributed by atoms with Gasteiger partial charge in [-0.3, -0.25) is 4.79 Å². The minimum Gasteiger partial charge on any atom is -0.497 e. The molecular weight excluding hydrogens is 306 g/mol. The maximum Gasteiger partial charge on any atom is 0.257 e. The lowest BCUT2D eigenvalue weighted by Crippen LogP contribution is -2.28. The monoisotopic (exact) mass is 324 g/mol. The zero-order chi connectivity index (χ0) is 17.0. The number of halogens is 2. The van der Waals surface area contributed by atoms with E-state index in [1.807, 2.05) is 18.4 Å². The fourth-order valence-corrected chi connectivity index (χ4v) is 2.14. The number of carbonyl (C=O) groups excluding carboxylic acids is 1. The number of hydrogen-bond donors (Lipinski definition) is 1. The molecule has 0 saturated carbocycles. The van der Waals surface area contributed by atoms with E-state index in [0.717, 1.165) is 12.1 Å². The number of aromatic nitrogens is 3. The summed E-state index contributed by atoms with van der Waals surface area (Å²) < 4.78 is 34.2. The molecule has 0 aliphatic carbocycles. The van der Waals surface area contributed by atoms with Gasteiger partial charge in [0.1, 0.15) is 35.1 Å². The number of nitrogens with one attached hydrogen (secondary N) is 1. The number of nitrogens with zero attached hydrogens (tertiary/aromatic N) is 3. The molecule has 1 aromatic carbocycles. The van der Waals surface area contributed by atoms with Crippen LogP contribution in [0.25, 0.3) is 0 Å². The van der Waals surface area contributed by atoms with Crippen LogP contribution in [0.1, 0.15) is 36.1 Å². The summed E-state index contributed by atoms with van der Waals surface area (Å²) in [5.41, 5.74) is -0.629. The van der Waals surface area contributed by atoms with Crippen LogP contribution in [-0.4, -0.2) is 34.3 Å². The molecule has 6 nitrogen and oxygen atoms in total. The van der Waals surface area contributed by atoms with Gasteiger partial charge < -0.3 is 14.6 Å². The number of ether oxygens (including phenoxy) is 1. The maximum absolute atomic E-state index is 13.8. The van der Waals surface area contributed by atoms with E-state index in [1.165, 1.54) is 7.11 Å². The molecule has 1 amide bonds. The highest BCUT2D eigenvalue weighted by Crippen LogP contribution is 2.20. The lowest BCUT2D eigenvalue weighted by molar-refractivity contribution is 0.0945. The first-order valence-electron chi connectivity index (χ1n) is 7.13. The summed E-state index contributed by atoms with van der Waals surface area (Å²) in [6, 6.07) is 2.12. The van der Waals surface area contributed by atoms with Crippen LogP contribution >= 0.6 is 0 Å². The predicted molar refractivity (Wildman–Crippen MR) is 79.4 cm³/mol. The summed E-state index contributed by atoms with van der Waals surface area (Å²) in [4.78, 5) is 12.0. The van der Waals surface area contributed by atoms with Crippen molar-refractivity contribution in [2.24, 2.45) is 0 Å². The average Bonchev–Trinajstić information content (AvgIpc) is 2.95. The second-order valence-corrected chi connectivity index (χ2v) is 5.22. The maximum atomic E-state index is 13.8. The van der Waals surface area contributed by atoms with Gasteiger partial charge in [0.25, 0.3) is 5.91 Å². The Kier molecular flexibility index (Phi) is 5.25. The van der Waals surface area contributed by atoms with Gasteiger partial charge in [0.2, 0.25) is 0 Å². The first-order chi connectivity index (χ1) is 10.9. The molecule has 1 aromatic heterocycles. The van der Waals surface area contributed by atoms with E-state index in [0.29, 0.717) is 12.2 Å². The van der Waals surface area contributed by atoms with E-state index < -0.39 is 23.1 Å². The molecule has 0 bridgehead atoms. The van der Waals surface area contributed by atoms with E-state index in [9.17, 15) is 13.6 Å². The van der Waals surface area contributed by atoms with Gasteiger partial charge in [0.15, 0.2) is 0 Å². The third-order valence-electron chi connectivity index (χ3n) is 3.32. The van der Waals surface area contributed by atoms with Crippen molar-refractivity contribution in [3.63, 3.8) is 0 Å².